The maximum atomic E-state index is 13.8. The Kier molecular flexibility index (Phi) is 7.77. The summed E-state index contributed by atoms with van der Waals surface area (Å²) in [7, 11) is 2.74. The molecule has 2 rings (SSSR count). The van der Waals surface area contributed by atoms with E-state index in [1.54, 1.807) is 0 Å². The largest absolute Gasteiger partial charge is 0.465 e. The molecule has 152 valence electrons. The summed E-state index contributed by atoms with van der Waals surface area (Å²) in [6.45, 7) is 5.68. The van der Waals surface area contributed by atoms with Crippen LogP contribution in [0.15, 0.2) is 30.3 Å². The molecule has 0 saturated carbocycles. The highest BCUT2D eigenvalue weighted by atomic mass is 19.1. The number of alkyl halides is 1. The third kappa shape index (κ3) is 4.86. The Balaban J connectivity index is 2.14. The second-order valence-corrected chi connectivity index (χ2v) is 7.42. The van der Waals surface area contributed by atoms with Crippen molar-refractivity contribution in [2.24, 2.45) is 17.8 Å². The second-order valence-electron chi connectivity index (χ2n) is 7.42. The lowest BCUT2D eigenvalue weighted by Crippen LogP contribution is -2.57. The van der Waals surface area contributed by atoms with Crippen molar-refractivity contribution < 1.29 is 28.1 Å². The first-order chi connectivity index (χ1) is 12.9. The molecule has 1 aliphatic rings. The van der Waals surface area contributed by atoms with Gasteiger partial charge in [-0.15, -0.1) is 0 Å². The van der Waals surface area contributed by atoms with Crippen molar-refractivity contribution in [2.45, 2.75) is 51.8 Å². The van der Waals surface area contributed by atoms with Gasteiger partial charge in [0.2, 0.25) is 0 Å². The van der Waals surface area contributed by atoms with Gasteiger partial charge in [-0.2, -0.15) is 0 Å². The van der Waals surface area contributed by atoms with Crippen LogP contribution in [0.2, 0.25) is 0 Å². The number of hydrogen-bond donors (Lipinski definition) is 0. The van der Waals surface area contributed by atoms with Crippen LogP contribution in [0.3, 0.4) is 0 Å². The lowest BCUT2D eigenvalue weighted by Gasteiger charge is -2.47. The molecule has 0 radical (unpaired) electrons. The third-order valence-electron chi connectivity index (χ3n) is 5.72. The minimum atomic E-state index is -1.46. The monoisotopic (exact) mass is 382 g/mol. The van der Waals surface area contributed by atoms with Crippen LogP contribution in [0.4, 0.5) is 4.39 Å². The number of methoxy groups -OCH3 is 2. The van der Waals surface area contributed by atoms with E-state index in [9.17, 15) is 9.18 Å². The van der Waals surface area contributed by atoms with Gasteiger partial charge in [0.05, 0.1) is 25.9 Å². The summed E-state index contributed by atoms with van der Waals surface area (Å²) in [6.07, 6.45) is -0.648. The SMILES string of the molecule is COC(=O)C1(OC)C[C@@H](C)[C@@H](C)C([C@H](C)[C@@H](CF)OCc2ccccc2)O1. The Labute approximate surface area is 161 Å². The fraction of sp³-hybridized carbons (Fsp3) is 0.667. The molecular formula is C21H31FO5. The van der Waals surface area contributed by atoms with E-state index in [4.69, 9.17) is 18.9 Å². The number of benzene rings is 1. The van der Waals surface area contributed by atoms with Gasteiger partial charge in [0, 0.05) is 19.4 Å². The maximum absolute atomic E-state index is 13.8. The number of hydrogen-bond acceptors (Lipinski definition) is 5. The van der Waals surface area contributed by atoms with E-state index in [0.717, 1.165) is 5.56 Å². The molecule has 1 aliphatic heterocycles. The molecule has 1 heterocycles. The Bertz CT molecular complexity index is 595. The van der Waals surface area contributed by atoms with Crippen molar-refractivity contribution in [3.05, 3.63) is 35.9 Å². The number of ether oxygens (including phenoxy) is 4. The molecule has 0 spiro atoms. The zero-order valence-electron chi connectivity index (χ0n) is 16.8. The van der Waals surface area contributed by atoms with Crippen LogP contribution in [0.5, 0.6) is 0 Å². The smallest absolute Gasteiger partial charge is 0.366 e. The molecule has 1 aromatic rings. The Morgan fingerprint density at radius 2 is 1.96 bits per heavy atom. The number of halogens is 1. The predicted molar refractivity (Wildman–Crippen MR) is 99.7 cm³/mol. The molecule has 2 unspecified atom stereocenters. The molecule has 0 amide bonds. The molecule has 27 heavy (non-hydrogen) atoms. The van der Waals surface area contributed by atoms with Crippen LogP contribution in [0, 0.1) is 17.8 Å². The topological polar surface area (TPSA) is 54.0 Å². The van der Waals surface area contributed by atoms with Gasteiger partial charge in [-0.25, -0.2) is 9.18 Å². The zero-order chi connectivity index (χ0) is 20.0. The minimum absolute atomic E-state index is 0.113. The molecule has 1 fully saturated rings. The van der Waals surface area contributed by atoms with Gasteiger partial charge in [0.25, 0.3) is 5.79 Å². The Morgan fingerprint density at radius 1 is 1.30 bits per heavy atom. The van der Waals surface area contributed by atoms with Crippen LogP contribution in [0.1, 0.15) is 32.8 Å². The fourth-order valence-corrected chi connectivity index (χ4v) is 3.72. The van der Waals surface area contributed by atoms with Crippen LogP contribution in [0.25, 0.3) is 0 Å². The maximum Gasteiger partial charge on any atom is 0.366 e. The van der Waals surface area contributed by atoms with Gasteiger partial charge in [-0.1, -0.05) is 51.1 Å². The standard InChI is InChI=1S/C21H31FO5/c1-14-11-21(25-5,20(23)24-4)27-19(15(14)2)16(3)18(12-22)26-13-17-9-7-6-8-10-17/h6-10,14-16,18-19H,11-13H2,1-5H3/t14-,15-,16-,18-,19?,21?/m1/s1. The lowest BCUT2D eigenvalue weighted by atomic mass is 9.76. The molecular weight excluding hydrogens is 351 g/mol. The summed E-state index contributed by atoms with van der Waals surface area (Å²) >= 11 is 0. The van der Waals surface area contributed by atoms with Gasteiger partial charge in [-0.3, -0.25) is 0 Å². The molecule has 0 N–H and O–H groups in total. The molecule has 0 bridgehead atoms. The van der Waals surface area contributed by atoms with Crippen molar-refractivity contribution in [3.63, 3.8) is 0 Å². The van der Waals surface area contributed by atoms with Crippen molar-refractivity contribution in [3.8, 4) is 0 Å². The summed E-state index contributed by atoms with van der Waals surface area (Å²) in [5.74, 6) is -2.04. The quantitative estimate of drug-likeness (QED) is 0.641. The number of carbonyl (C=O) groups is 1. The van der Waals surface area contributed by atoms with E-state index in [-0.39, 0.29) is 17.8 Å². The van der Waals surface area contributed by atoms with E-state index in [1.165, 1.54) is 14.2 Å². The first-order valence-electron chi connectivity index (χ1n) is 9.41. The molecule has 6 heteroatoms. The van der Waals surface area contributed by atoms with Crippen molar-refractivity contribution in [1.82, 2.24) is 0 Å². The highest BCUT2D eigenvalue weighted by Crippen LogP contribution is 2.41. The molecule has 0 aliphatic carbocycles. The van der Waals surface area contributed by atoms with E-state index in [0.29, 0.717) is 13.0 Å². The highest BCUT2D eigenvalue weighted by Gasteiger charge is 2.52. The number of esters is 1. The van der Waals surface area contributed by atoms with Crippen LogP contribution < -0.4 is 0 Å². The summed E-state index contributed by atoms with van der Waals surface area (Å²) in [5, 5.41) is 0. The molecule has 1 saturated heterocycles. The van der Waals surface area contributed by atoms with Crippen LogP contribution in [-0.4, -0.2) is 44.9 Å². The van der Waals surface area contributed by atoms with E-state index in [1.807, 2.05) is 44.2 Å². The molecule has 1 aromatic carbocycles. The van der Waals surface area contributed by atoms with Gasteiger partial charge in [0.15, 0.2) is 0 Å². The van der Waals surface area contributed by atoms with Crippen molar-refractivity contribution in [1.29, 1.82) is 0 Å². The Morgan fingerprint density at radius 3 is 2.52 bits per heavy atom. The van der Waals surface area contributed by atoms with Gasteiger partial charge in [0.1, 0.15) is 6.67 Å². The summed E-state index contributed by atoms with van der Waals surface area (Å²) in [5.41, 5.74) is 0.981. The van der Waals surface area contributed by atoms with Crippen molar-refractivity contribution in [2.75, 3.05) is 20.9 Å². The highest BCUT2D eigenvalue weighted by molar-refractivity contribution is 5.78. The van der Waals surface area contributed by atoms with E-state index < -0.39 is 30.6 Å². The van der Waals surface area contributed by atoms with E-state index >= 15 is 0 Å². The first kappa shape index (κ1) is 21.8. The third-order valence-corrected chi connectivity index (χ3v) is 5.72. The normalized spacial score (nSPS) is 30.5. The van der Waals surface area contributed by atoms with Gasteiger partial charge >= 0.3 is 5.97 Å². The molecule has 6 atom stereocenters. The average Bonchev–Trinajstić information content (AvgIpc) is 2.70. The fourth-order valence-electron chi connectivity index (χ4n) is 3.72. The summed E-state index contributed by atoms with van der Waals surface area (Å²) < 4.78 is 36.1. The summed E-state index contributed by atoms with van der Waals surface area (Å²) in [4.78, 5) is 12.3. The zero-order valence-corrected chi connectivity index (χ0v) is 16.8. The average molecular weight is 382 g/mol. The van der Waals surface area contributed by atoms with Gasteiger partial charge < -0.3 is 18.9 Å². The summed E-state index contributed by atoms with van der Waals surface area (Å²) in [6, 6.07) is 9.65. The first-order valence-corrected chi connectivity index (χ1v) is 9.41. The Hall–Kier alpha value is -1.50. The van der Waals surface area contributed by atoms with Crippen molar-refractivity contribution >= 4 is 5.97 Å². The van der Waals surface area contributed by atoms with E-state index in [2.05, 4.69) is 6.92 Å². The second kappa shape index (κ2) is 9.62. The molecule has 0 aromatic heterocycles. The van der Waals surface area contributed by atoms with Gasteiger partial charge in [-0.05, 0) is 17.4 Å². The molecule has 5 nitrogen and oxygen atoms in total. The number of carbonyl (C=O) groups excluding carboxylic acids is 1. The number of rotatable bonds is 8. The van der Waals surface area contributed by atoms with Crippen LogP contribution >= 0.6 is 0 Å². The lowest BCUT2D eigenvalue weighted by molar-refractivity contribution is -0.298. The van der Waals surface area contributed by atoms with Crippen LogP contribution in [-0.2, 0) is 30.3 Å². The predicted octanol–water partition coefficient (Wildman–Crippen LogP) is 3.75. The minimum Gasteiger partial charge on any atom is -0.465 e.